The van der Waals surface area contributed by atoms with Crippen LogP contribution in [0.1, 0.15) is 39.0 Å². The Bertz CT molecular complexity index is 221. The van der Waals surface area contributed by atoms with Crippen LogP contribution < -0.4 is 5.73 Å². The monoisotopic (exact) mass is 228 g/mol. The van der Waals surface area contributed by atoms with E-state index in [-0.39, 0.29) is 24.5 Å². The van der Waals surface area contributed by atoms with E-state index in [1.54, 1.807) is 0 Å². The quantitative estimate of drug-likeness (QED) is 0.729. The third-order valence-corrected chi connectivity index (χ3v) is 3.27. The summed E-state index contributed by atoms with van der Waals surface area (Å²) in [5.41, 5.74) is 5.87. The van der Waals surface area contributed by atoms with Crippen LogP contribution in [0.5, 0.6) is 0 Å². The van der Waals surface area contributed by atoms with Crippen molar-refractivity contribution in [1.29, 1.82) is 0 Å². The number of aliphatic hydroxyl groups is 1. The Balaban J connectivity index is 2.40. The van der Waals surface area contributed by atoms with Crippen LogP contribution in [0.2, 0.25) is 0 Å². The van der Waals surface area contributed by atoms with Gasteiger partial charge in [0.1, 0.15) is 0 Å². The number of likely N-dealkylation sites (tertiary alicyclic amines) is 1. The lowest BCUT2D eigenvalue weighted by atomic mass is 9.98. The minimum atomic E-state index is -0.350. The summed E-state index contributed by atoms with van der Waals surface area (Å²) in [5, 5.41) is 9.10. The van der Waals surface area contributed by atoms with Gasteiger partial charge in [-0.2, -0.15) is 0 Å². The molecule has 2 atom stereocenters. The van der Waals surface area contributed by atoms with Gasteiger partial charge in [0.25, 0.3) is 0 Å². The molecule has 1 heterocycles. The second kappa shape index (κ2) is 6.86. The third kappa shape index (κ3) is 3.76. The van der Waals surface area contributed by atoms with Crippen LogP contribution >= 0.6 is 0 Å². The molecule has 16 heavy (non-hydrogen) atoms. The number of hydrogen-bond donors (Lipinski definition) is 2. The SMILES string of the molecule is CCCCC(N)C(=O)N1CCCC(CO)C1. The molecule has 0 aromatic rings. The maximum absolute atomic E-state index is 12.0. The molecule has 3 N–H and O–H groups in total. The maximum atomic E-state index is 12.0. The van der Waals surface area contributed by atoms with E-state index < -0.39 is 0 Å². The van der Waals surface area contributed by atoms with Crippen molar-refractivity contribution in [3.05, 3.63) is 0 Å². The molecule has 1 fully saturated rings. The second-order valence-corrected chi connectivity index (χ2v) is 4.72. The van der Waals surface area contributed by atoms with Crippen molar-refractivity contribution < 1.29 is 9.90 Å². The zero-order valence-electron chi connectivity index (χ0n) is 10.2. The summed E-state index contributed by atoms with van der Waals surface area (Å²) in [4.78, 5) is 13.8. The summed E-state index contributed by atoms with van der Waals surface area (Å²) in [6.07, 6.45) is 4.85. The van der Waals surface area contributed by atoms with E-state index in [9.17, 15) is 4.79 Å². The van der Waals surface area contributed by atoms with Gasteiger partial charge in [-0.15, -0.1) is 0 Å². The molecule has 1 aliphatic heterocycles. The van der Waals surface area contributed by atoms with Crippen molar-refractivity contribution in [2.45, 2.75) is 45.1 Å². The summed E-state index contributed by atoms with van der Waals surface area (Å²) in [7, 11) is 0. The molecular formula is C12H24N2O2. The zero-order valence-corrected chi connectivity index (χ0v) is 10.2. The number of rotatable bonds is 5. The average molecular weight is 228 g/mol. The van der Waals surface area contributed by atoms with Crippen LogP contribution in [0.3, 0.4) is 0 Å². The Kier molecular flexibility index (Phi) is 5.77. The second-order valence-electron chi connectivity index (χ2n) is 4.72. The van der Waals surface area contributed by atoms with Crippen LogP contribution in [0.25, 0.3) is 0 Å². The van der Waals surface area contributed by atoms with Gasteiger partial charge in [0.15, 0.2) is 0 Å². The van der Waals surface area contributed by atoms with Crippen LogP contribution in [0, 0.1) is 5.92 Å². The molecule has 0 spiro atoms. The van der Waals surface area contributed by atoms with Gasteiger partial charge in [-0.05, 0) is 25.2 Å². The molecular weight excluding hydrogens is 204 g/mol. The van der Waals surface area contributed by atoms with Gasteiger partial charge in [0.05, 0.1) is 6.04 Å². The summed E-state index contributed by atoms with van der Waals surface area (Å²) in [6.45, 7) is 3.75. The number of carbonyl (C=O) groups excluding carboxylic acids is 1. The number of nitrogens with zero attached hydrogens (tertiary/aromatic N) is 1. The molecule has 0 aromatic carbocycles. The summed E-state index contributed by atoms with van der Waals surface area (Å²) in [5.74, 6) is 0.308. The Morgan fingerprint density at radius 1 is 1.62 bits per heavy atom. The fraction of sp³-hybridized carbons (Fsp3) is 0.917. The van der Waals surface area contributed by atoms with E-state index in [1.165, 1.54) is 0 Å². The molecule has 0 bridgehead atoms. The number of piperidine rings is 1. The highest BCUT2D eigenvalue weighted by Crippen LogP contribution is 2.17. The fourth-order valence-electron chi connectivity index (χ4n) is 2.20. The van der Waals surface area contributed by atoms with Crippen molar-refractivity contribution in [2.75, 3.05) is 19.7 Å². The molecule has 1 saturated heterocycles. The van der Waals surface area contributed by atoms with Gasteiger partial charge in [0.2, 0.25) is 5.91 Å². The number of unbranched alkanes of at least 4 members (excludes halogenated alkanes) is 1. The molecule has 4 heteroatoms. The van der Waals surface area contributed by atoms with Crippen LogP contribution in [-0.4, -0.2) is 41.7 Å². The van der Waals surface area contributed by atoms with Gasteiger partial charge < -0.3 is 15.7 Å². The Morgan fingerprint density at radius 3 is 3.00 bits per heavy atom. The summed E-state index contributed by atoms with van der Waals surface area (Å²) < 4.78 is 0. The molecule has 2 unspecified atom stereocenters. The Hall–Kier alpha value is -0.610. The molecule has 1 rings (SSSR count). The summed E-state index contributed by atoms with van der Waals surface area (Å²) >= 11 is 0. The molecule has 0 saturated carbocycles. The number of amides is 1. The Labute approximate surface area is 97.8 Å². The lowest BCUT2D eigenvalue weighted by Gasteiger charge is -2.33. The van der Waals surface area contributed by atoms with Crippen molar-refractivity contribution in [3.63, 3.8) is 0 Å². The number of hydrogen-bond acceptors (Lipinski definition) is 3. The van der Waals surface area contributed by atoms with E-state index in [0.717, 1.165) is 38.6 Å². The predicted molar refractivity (Wildman–Crippen MR) is 63.9 cm³/mol. The van der Waals surface area contributed by atoms with E-state index in [4.69, 9.17) is 10.8 Å². The first-order valence-corrected chi connectivity index (χ1v) is 6.34. The minimum Gasteiger partial charge on any atom is -0.396 e. The maximum Gasteiger partial charge on any atom is 0.239 e. The lowest BCUT2D eigenvalue weighted by Crippen LogP contribution is -2.48. The van der Waals surface area contributed by atoms with Crippen molar-refractivity contribution in [3.8, 4) is 0 Å². The smallest absolute Gasteiger partial charge is 0.239 e. The van der Waals surface area contributed by atoms with Gasteiger partial charge in [-0.3, -0.25) is 4.79 Å². The minimum absolute atomic E-state index is 0.0617. The van der Waals surface area contributed by atoms with E-state index in [1.807, 2.05) is 4.90 Å². The lowest BCUT2D eigenvalue weighted by molar-refractivity contribution is -0.134. The molecule has 0 radical (unpaired) electrons. The van der Waals surface area contributed by atoms with Gasteiger partial charge in [0, 0.05) is 19.7 Å². The third-order valence-electron chi connectivity index (χ3n) is 3.27. The average Bonchev–Trinajstić information content (AvgIpc) is 2.35. The van der Waals surface area contributed by atoms with Crippen molar-refractivity contribution in [2.24, 2.45) is 11.7 Å². The largest absolute Gasteiger partial charge is 0.396 e. The first kappa shape index (κ1) is 13.5. The predicted octanol–water partition coefficient (Wildman–Crippen LogP) is 0.735. The van der Waals surface area contributed by atoms with E-state index in [2.05, 4.69) is 6.92 Å². The molecule has 0 aromatic heterocycles. The first-order chi connectivity index (χ1) is 7.69. The van der Waals surface area contributed by atoms with Gasteiger partial charge in [-0.25, -0.2) is 0 Å². The standard InChI is InChI=1S/C12H24N2O2/c1-2-3-6-11(13)12(16)14-7-4-5-10(8-14)9-15/h10-11,15H,2-9,13H2,1H3. The number of carbonyl (C=O) groups is 1. The highest BCUT2D eigenvalue weighted by atomic mass is 16.3. The normalized spacial score (nSPS) is 23.2. The summed E-state index contributed by atoms with van der Waals surface area (Å²) in [6, 6.07) is -0.350. The Morgan fingerprint density at radius 2 is 2.38 bits per heavy atom. The number of nitrogens with two attached hydrogens (primary N) is 1. The van der Waals surface area contributed by atoms with E-state index in [0.29, 0.717) is 6.54 Å². The van der Waals surface area contributed by atoms with Crippen LogP contribution in [0.15, 0.2) is 0 Å². The van der Waals surface area contributed by atoms with Gasteiger partial charge in [-0.1, -0.05) is 19.8 Å². The van der Waals surface area contributed by atoms with Crippen molar-refractivity contribution >= 4 is 5.91 Å². The highest BCUT2D eigenvalue weighted by Gasteiger charge is 2.26. The fourth-order valence-corrected chi connectivity index (χ4v) is 2.20. The highest BCUT2D eigenvalue weighted by molar-refractivity contribution is 5.81. The molecule has 94 valence electrons. The molecule has 4 nitrogen and oxygen atoms in total. The number of aliphatic hydroxyl groups excluding tert-OH is 1. The first-order valence-electron chi connectivity index (χ1n) is 6.34. The molecule has 1 amide bonds. The van der Waals surface area contributed by atoms with Gasteiger partial charge >= 0.3 is 0 Å². The van der Waals surface area contributed by atoms with E-state index >= 15 is 0 Å². The molecule has 0 aliphatic carbocycles. The topological polar surface area (TPSA) is 66.6 Å². The molecule has 1 aliphatic rings. The zero-order chi connectivity index (χ0) is 12.0. The van der Waals surface area contributed by atoms with Crippen molar-refractivity contribution in [1.82, 2.24) is 4.90 Å². The van der Waals surface area contributed by atoms with Crippen LogP contribution in [-0.2, 0) is 4.79 Å². The van der Waals surface area contributed by atoms with Crippen LogP contribution in [0.4, 0.5) is 0 Å².